The Hall–Kier alpha value is -3.03. The van der Waals surface area contributed by atoms with Gasteiger partial charge in [0.05, 0.1) is 12.1 Å². The largest absolute Gasteiger partial charge is 0.351 e. The van der Waals surface area contributed by atoms with Gasteiger partial charge in [-0.3, -0.25) is 4.79 Å². The highest BCUT2D eigenvalue weighted by molar-refractivity contribution is 5.78. The van der Waals surface area contributed by atoms with Crippen LogP contribution in [0.1, 0.15) is 24.2 Å². The number of carbonyl (C=O) groups is 1. The minimum Gasteiger partial charge on any atom is -0.351 e. The summed E-state index contributed by atoms with van der Waals surface area (Å²) in [7, 11) is 0. The number of aromatic nitrogens is 4. The maximum Gasteiger partial charge on any atom is 0.223 e. The molecule has 0 N–H and O–H groups in total. The standard InChI is InChI=1S/C20H21FN6O/c1-13-22-23-18-7-8-19(24-27(13)18)25-11-15-10-16(12-25)26(15)20(28)9-6-14-4-2-3-5-17(14)21/h2-5,7-8,15-16H,6,9-12H2,1H3. The van der Waals surface area contributed by atoms with Crippen LogP contribution in [0.3, 0.4) is 0 Å². The van der Waals surface area contributed by atoms with E-state index in [1.165, 1.54) is 6.07 Å². The van der Waals surface area contributed by atoms with Gasteiger partial charge in [0.2, 0.25) is 5.91 Å². The van der Waals surface area contributed by atoms with Crippen LogP contribution in [0, 0.1) is 12.7 Å². The highest BCUT2D eigenvalue weighted by atomic mass is 19.1. The molecule has 0 spiro atoms. The summed E-state index contributed by atoms with van der Waals surface area (Å²) in [5.74, 6) is 1.51. The zero-order valence-corrected chi connectivity index (χ0v) is 15.6. The second-order valence-corrected chi connectivity index (χ2v) is 7.55. The molecule has 0 radical (unpaired) electrons. The van der Waals surface area contributed by atoms with Crippen LogP contribution in [-0.4, -0.2) is 55.8 Å². The third-order valence-electron chi connectivity index (χ3n) is 5.78. The number of piperazine rings is 1. The number of hydrogen-bond acceptors (Lipinski definition) is 5. The Morgan fingerprint density at radius 2 is 1.93 bits per heavy atom. The van der Waals surface area contributed by atoms with Gasteiger partial charge in [0.1, 0.15) is 11.6 Å². The highest BCUT2D eigenvalue weighted by Gasteiger charge is 2.47. The average molecular weight is 380 g/mol. The van der Waals surface area contributed by atoms with Crippen molar-refractivity contribution in [1.29, 1.82) is 0 Å². The number of rotatable bonds is 4. The molecule has 2 atom stereocenters. The van der Waals surface area contributed by atoms with E-state index in [0.29, 0.717) is 18.4 Å². The van der Waals surface area contributed by atoms with Crippen molar-refractivity contribution in [2.24, 2.45) is 0 Å². The molecule has 28 heavy (non-hydrogen) atoms. The summed E-state index contributed by atoms with van der Waals surface area (Å²) in [6, 6.07) is 10.9. The molecule has 0 aliphatic carbocycles. The van der Waals surface area contributed by atoms with Crippen molar-refractivity contribution in [2.45, 2.75) is 38.3 Å². The lowest BCUT2D eigenvalue weighted by atomic mass is 9.86. The first kappa shape index (κ1) is 17.1. The number of fused-ring (bicyclic) bond motifs is 3. The van der Waals surface area contributed by atoms with Gasteiger partial charge in [-0.2, -0.15) is 4.52 Å². The van der Waals surface area contributed by atoms with E-state index < -0.39 is 0 Å². The molecule has 2 bridgehead atoms. The molecule has 3 fully saturated rings. The van der Waals surface area contributed by atoms with Gasteiger partial charge in [-0.25, -0.2) is 4.39 Å². The highest BCUT2D eigenvalue weighted by Crippen LogP contribution is 2.34. The van der Waals surface area contributed by atoms with Crippen LogP contribution in [-0.2, 0) is 11.2 Å². The van der Waals surface area contributed by atoms with E-state index >= 15 is 0 Å². The predicted octanol–water partition coefficient (Wildman–Crippen LogP) is 1.99. The molecule has 2 aromatic heterocycles. The predicted molar refractivity (Wildman–Crippen MR) is 101 cm³/mol. The Morgan fingerprint density at radius 3 is 2.71 bits per heavy atom. The first-order valence-electron chi connectivity index (χ1n) is 9.59. The Labute approximate surface area is 161 Å². The molecule has 3 aliphatic heterocycles. The minimum absolute atomic E-state index is 0.113. The fourth-order valence-corrected chi connectivity index (χ4v) is 4.33. The van der Waals surface area contributed by atoms with Crippen LogP contribution in [0.2, 0.25) is 0 Å². The third-order valence-corrected chi connectivity index (χ3v) is 5.78. The van der Waals surface area contributed by atoms with Crippen molar-refractivity contribution in [2.75, 3.05) is 18.0 Å². The summed E-state index contributed by atoms with van der Waals surface area (Å²) in [5.41, 5.74) is 1.33. The van der Waals surface area contributed by atoms with Crippen molar-refractivity contribution in [1.82, 2.24) is 24.7 Å². The quantitative estimate of drug-likeness (QED) is 0.693. The molecule has 8 heteroatoms. The van der Waals surface area contributed by atoms with Gasteiger partial charge >= 0.3 is 0 Å². The topological polar surface area (TPSA) is 66.6 Å². The maximum atomic E-state index is 13.8. The van der Waals surface area contributed by atoms with Crippen LogP contribution in [0.4, 0.5) is 10.2 Å². The SMILES string of the molecule is Cc1nnc2ccc(N3CC4CC(C3)N4C(=O)CCc3ccccc3F)nn12. The second-order valence-electron chi connectivity index (χ2n) is 7.55. The van der Waals surface area contributed by atoms with E-state index in [1.807, 2.05) is 24.0 Å². The molecule has 1 amide bonds. The minimum atomic E-state index is -0.240. The molecule has 1 aromatic carbocycles. The van der Waals surface area contributed by atoms with Crippen LogP contribution >= 0.6 is 0 Å². The van der Waals surface area contributed by atoms with Crippen molar-refractivity contribution in [3.05, 3.63) is 53.6 Å². The number of hydrogen-bond donors (Lipinski definition) is 0. The van der Waals surface area contributed by atoms with E-state index in [-0.39, 0.29) is 23.8 Å². The molecule has 5 heterocycles. The normalized spacial score (nSPS) is 21.1. The van der Waals surface area contributed by atoms with Gasteiger partial charge in [0.15, 0.2) is 11.5 Å². The number of aryl methyl sites for hydroxylation is 2. The molecular weight excluding hydrogens is 359 g/mol. The number of amides is 1. The lowest BCUT2D eigenvalue weighted by Crippen LogP contribution is -2.70. The maximum absolute atomic E-state index is 13.8. The number of piperidine rings is 1. The summed E-state index contributed by atoms with van der Waals surface area (Å²) < 4.78 is 15.5. The summed E-state index contributed by atoms with van der Waals surface area (Å²) in [4.78, 5) is 16.9. The number of carbonyl (C=O) groups excluding carboxylic acids is 1. The summed E-state index contributed by atoms with van der Waals surface area (Å²) >= 11 is 0. The Balaban J connectivity index is 1.24. The Morgan fingerprint density at radius 1 is 1.14 bits per heavy atom. The average Bonchev–Trinajstić information content (AvgIpc) is 3.08. The zero-order valence-electron chi connectivity index (χ0n) is 15.6. The Bertz CT molecular complexity index is 1040. The van der Waals surface area contributed by atoms with Gasteiger partial charge in [-0.05, 0) is 43.5 Å². The number of halogens is 1. The van der Waals surface area contributed by atoms with Gasteiger partial charge in [0, 0.05) is 19.5 Å². The van der Waals surface area contributed by atoms with E-state index in [1.54, 1.807) is 22.7 Å². The van der Waals surface area contributed by atoms with Crippen LogP contribution in [0.15, 0.2) is 36.4 Å². The molecular formula is C20H21FN6O. The second kappa shape index (κ2) is 6.54. The number of benzene rings is 1. The van der Waals surface area contributed by atoms with Crippen LogP contribution < -0.4 is 4.90 Å². The lowest BCUT2D eigenvalue weighted by molar-refractivity contribution is -0.146. The zero-order chi connectivity index (χ0) is 19.3. The van der Waals surface area contributed by atoms with E-state index in [0.717, 1.165) is 36.8 Å². The van der Waals surface area contributed by atoms with Crippen molar-refractivity contribution in [3.8, 4) is 0 Å². The summed E-state index contributed by atoms with van der Waals surface area (Å²) in [6.07, 6.45) is 1.81. The molecule has 2 unspecified atom stereocenters. The summed E-state index contributed by atoms with van der Waals surface area (Å²) in [5, 5.41) is 12.8. The molecule has 3 aromatic rings. The Kier molecular flexibility index (Phi) is 3.99. The van der Waals surface area contributed by atoms with E-state index in [9.17, 15) is 9.18 Å². The molecule has 7 nitrogen and oxygen atoms in total. The van der Waals surface area contributed by atoms with Crippen LogP contribution in [0.25, 0.3) is 5.65 Å². The van der Waals surface area contributed by atoms with Crippen molar-refractivity contribution in [3.63, 3.8) is 0 Å². The monoisotopic (exact) mass is 380 g/mol. The van der Waals surface area contributed by atoms with Crippen molar-refractivity contribution >= 4 is 17.4 Å². The first-order chi connectivity index (χ1) is 13.6. The fourth-order valence-electron chi connectivity index (χ4n) is 4.33. The molecule has 3 aliphatic rings. The lowest BCUT2D eigenvalue weighted by Gasteiger charge is -2.56. The van der Waals surface area contributed by atoms with E-state index in [4.69, 9.17) is 0 Å². The van der Waals surface area contributed by atoms with Crippen LogP contribution in [0.5, 0.6) is 0 Å². The van der Waals surface area contributed by atoms with Gasteiger partial charge in [0.25, 0.3) is 0 Å². The van der Waals surface area contributed by atoms with Gasteiger partial charge < -0.3 is 9.80 Å². The molecule has 144 valence electrons. The molecule has 0 saturated carbocycles. The van der Waals surface area contributed by atoms with Gasteiger partial charge in [-0.1, -0.05) is 18.2 Å². The summed E-state index contributed by atoms with van der Waals surface area (Å²) in [6.45, 7) is 3.41. The number of anilines is 1. The molecule has 6 rings (SSSR count). The smallest absolute Gasteiger partial charge is 0.223 e. The molecule has 3 saturated heterocycles. The first-order valence-corrected chi connectivity index (χ1v) is 9.59. The fraction of sp³-hybridized carbons (Fsp3) is 0.400. The number of nitrogens with zero attached hydrogens (tertiary/aromatic N) is 6. The van der Waals surface area contributed by atoms with Crippen molar-refractivity contribution < 1.29 is 9.18 Å². The third kappa shape index (κ3) is 2.80. The van der Waals surface area contributed by atoms with E-state index in [2.05, 4.69) is 20.2 Å². The van der Waals surface area contributed by atoms with Gasteiger partial charge in [-0.15, -0.1) is 15.3 Å².